The fraction of sp³-hybridized carbons (Fsp3) is 0.125. The first kappa shape index (κ1) is 7.85. The lowest BCUT2D eigenvalue weighted by Crippen LogP contribution is -1.94. The molecule has 0 aliphatic carbocycles. The van der Waals surface area contributed by atoms with Gasteiger partial charge in [0.05, 0.1) is 11.2 Å². The lowest BCUT2D eigenvalue weighted by molar-refractivity contribution is 1.08. The molecule has 0 spiro atoms. The van der Waals surface area contributed by atoms with E-state index in [1.54, 1.807) is 6.20 Å². The maximum absolute atomic E-state index is 4.25. The lowest BCUT2D eigenvalue weighted by atomic mass is 10.3. The van der Waals surface area contributed by atoms with E-state index in [4.69, 9.17) is 0 Å². The fourth-order valence-electron chi connectivity index (χ4n) is 1.08. The van der Waals surface area contributed by atoms with E-state index in [1.165, 1.54) is 0 Å². The zero-order chi connectivity index (χ0) is 8.55. The second-order valence-electron chi connectivity index (χ2n) is 2.45. The van der Waals surface area contributed by atoms with Crippen molar-refractivity contribution in [2.24, 2.45) is 0 Å². The molecule has 2 aromatic rings. The quantitative estimate of drug-likeness (QED) is 0.543. The molecule has 2 aromatic heterocycles. The van der Waals surface area contributed by atoms with Crippen molar-refractivity contribution in [3.8, 4) is 0 Å². The Labute approximate surface area is 83.4 Å². The largest absolute Gasteiger partial charge is 0.253 e. The second-order valence-corrected chi connectivity index (χ2v) is 3.41. The van der Waals surface area contributed by atoms with Gasteiger partial charge in [0.1, 0.15) is 5.52 Å². The summed E-state index contributed by atoms with van der Waals surface area (Å²) in [6, 6.07) is 3.82. The molecule has 0 bridgehead atoms. The molecule has 0 atom stereocenters. The number of hydrogen-bond acceptors (Lipinski definition) is 3. The monoisotopic (exact) mass is 271 g/mol. The van der Waals surface area contributed by atoms with Gasteiger partial charge in [-0.3, -0.25) is 4.98 Å². The van der Waals surface area contributed by atoms with Crippen LogP contribution in [0.3, 0.4) is 0 Å². The predicted octanol–water partition coefficient (Wildman–Crippen LogP) is 1.94. The maximum atomic E-state index is 4.25. The van der Waals surface area contributed by atoms with Crippen LogP contribution in [0.1, 0.15) is 5.69 Å². The molecule has 0 saturated carbocycles. The van der Waals surface area contributed by atoms with E-state index in [1.807, 2.05) is 19.1 Å². The van der Waals surface area contributed by atoms with Crippen molar-refractivity contribution in [2.75, 3.05) is 0 Å². The summed E-state index contributed by atoms with van der Waals surface area (Å²) < 4.78 is 0.769. The van der Waals surface area contributed by atoms with E-state index in [2.05, 4.69) is 37.5 Å². The van der Waals surface area contributed by atoms with Crippen LogP contribution in [-0.2, 0) is 0 Å². The van der Waals surface area contributed by atoms with Gasteiger partial charge in [0, 0.05) is 28.8 Å². The first-order valence-electron chi connectivity index (χ1n) is 3.52. The molecule has 4 heteroatoms. The van der Waals surface area contributed by atoms with Gasteiger partial charge < -0.3 is 0 Å². The molecule has 0 aliphatic rings. The summed E-state index contributed by atoms with van der Waals surface area (Å²) in [5.41, 5.74) is 2.73. The SMILES string of the molecule is Cc1nc(I)nc2cccnc12. The number of rotatable bonds is 0. The van der Waals surface area contributed by atoms with E-state index < -0.39 is 0 Å². The van der Waals surface area contributed by atoms with E-state index in [0.29, 0.717) is 0 Å². The number of nitrogens with zero attached hydrogens (tertiary/aromatic N) is 3. The van der Waals surface area contributed by atoms with Gasteiger partial charge in [0.2, 0.25) is 0 Å². The Bertz CT molecular complexity index is 428. The number of halogens is 1. The highest BCUT2D eigenvalue weighted by molar-refractivity contribution is 14.1. The number of aryl methyl sites for hydroxylation is 1. The summed E-state index contributed by atoms with van der Waals surface area (Å²) in [4.78, 5) is 12.7. The number of fused-ring (bicyclic) bond motifs is 1. The van der Waals surface area contributed by atoms with E-state index >= 15 is 0 Å². The highest BCUT2D eigenvalue weighted by Gasteiger charge is 2.01. The average molecular weight is 271 g/mol. The normalized spacial score (nSPS) is 10.5. The Morgan fingerprint density at radius 2 is 2.17 bits per heavy atom. The topological polar surface area (TPSA) is 38.7 Å². The van der Waals surface area contributed by atoms with Gasteiger partial charge in [-0.1, -0.05) is 0 Å². The van der Waals surface area contributed by atoms with Crippen molar-refractivity contribution in [3.05, 3.63) is 27.9 Å². The predicted molar refractivity (Wildman–Crippen MR) is 54.8 cm³/mol. The minimum atomic E-state index is 0.769. The van der Waals surface area contributed by atoms with Crippen LogP contribution in [0.15, 0.2) is 18.3 Å². The van der Waals surface area contributed by atoms with E-state index in [0.717, 1.165) is 20.6 Å². The molecule has 60 valence electrons. The molecule has 0 amide bonds. The Balaban J connectivity index is 2.89. The van der Waals surface area contributed by atoms with Crippen LogP contribution in [0, 0.1) is 10.8 Å². The molecule has 0 aromatic carbocycles. The summed E-state index contributed by atoms with van der Waals surface area (Å²) in [7, 11) is 0. The summed E-state index contributed by atoms with van der Waals surface area (Å²) in [6.45, 7) is 1.94. The third kappa shape index (κ3) is 1.26. The molecule has 0 N–H and O–H groups in total. The van der Waals surface area contributed by atoms with Crippen molar-refractivity contribution in [1.29, 1.82) is 0 Å². The fourth-order valence-corrected chi connectivity index (χ4v) is 1.70. The number of hydrogen-bond donors (Lipinski definition) is 0. The third-order valence-corrected chi connectivity index (χ3v) is 2.08. The maximum Gasteiger partial charge on any atom is 0.191 e. The Hall–Kier alpha value is -0.780. The molecule has 2 rings (SSSR count). The second kappa shape index (κ2) is 2.93. The first-order valence-corrected chi connectivity index (χ1v) is 4.60. The zero-order valence-electron chi connectivity index (χ0n) is 6.45. The molecule has 3 nitrogen and oxygen atoms in total. The summed E-state index contributed by atoms with van der Waals surface area (Å²) in [6.07, 6.45) is 1.76. The van der Waals surface area contributed by atoms with Crippen molar-refractivity contribution in [3.63, 3.8) is 0 Å². The standard InChI is InChI=1S/C8H6IN3/c1-5-7-6(3-2-4-10-7)12-8(9)11-5/h2-4H,1H3. The lowest BCUT2D eigenvalue weighted by Gasteiger charge is -1.98. The minimum Gasteiger partial charge on any atom is -0.253 e. The van der Waals surface area contributed by atoms with Gasteiger partial charge in [-0.2, -0.15) is 0 Å². The number of aromatic nitrogens is 3. The van der Waals surface area contributed by atoms with E-state index in [-0.39, 0.29) is 0 Å². The van der Waals surface area contributed by atoms with Crippen LogP contribution in [0.2, 0.25) is 0 Å². The highest BCUT2D eigenvalue weighted by Crippen LogP contribution is 2.12. The number of pyridine rings is 1. The van der Waals surface area contributed by atoms with Gasteiger partial charge in [0.25, 0.3) is 0 Å². The molecule has 0 saturated heterocycles. The Kier molecular flexibility index (Phi) is 1.92. The van der Waals surface area contributed by atoms with Gasteiger partial charge in [-0.15, -0.1) is 0 Å². The smallest absolute Gasteiger partial charge is 0.191 e. The van der Waals surface area contributed by atoms with Crippen LogP contribution in [0.25, 0.3) is 11.0 Å². The van der Waals surface area contributed by atoms with Gasteiger partial charge in [-0.25, -0.2) is 9.97 Å². The van der Waals surface area contributed by atoms with Crippen molar-refractivity contribution < 1.29 is 0 Å². The van der Waals surface area contributed by atoms with Crippen LogP contribution < -0.4 is 0 Å². The first-order chi connectivity index (χ1) is 5.77. The molecule has 0 aliphatic heterocycles. The molecular formula is C8H6IN3. The summed E-state index contributed by atoms with van der Waals surface area (Å²) >= 11 is 2.10. The van der Waals surface area contributed by atoms with Gasteiger partial charge in [-0.05, 0) is 19.1 Å². The summed E-state index contributed by atoms with van der Waals surface area (Å²) in [5.74, 6) is 0. The van der Waals surface area contributed by atoms with Crippen LogP contribution in [0.5, 0.6) is 0 Å². The summed E-state index contributed by atoms with van der Waals surface area (Å²) in [5, 5.41) is 0. The molecule has 0 unspecified atom stereocenters. The third-order valence-electron chi connectivity index (χ3n) is 1.60. The molecule has 0 fully saturated rings. The van der Waals surface area contributed by atoms with Crippen molar-refractivity contribution in [1.82, 2.24) is 15.0 Å². The Morgan fingerprint density at radius 3 is 3.00 bits per heavy atom. The zero-order valence-corrected chi connectivity index (χ0v) is 8.61. The van der Waals surface area contributed by atoms with Crippen molar-refractivity contribution in [2.45, 2.75) is 6.92 Å². The van der Waals surface area contributed by atoms with E-state index in [9.17, 15) is 0 Å². The molecule has 12 heavy (non-hydrogen) atoms. The highest BCUT2D eigenvalue weighted by atomic mass is 127. The van der Waals surface area contributed by atoms with Crippen LogP contribution >= 0.6 is 22.6 Å². The molecule has 2 heterocycles. The van der Waals surface area contributed by atoms with Crippen molar-refractivity contribution >= 4 is 33.6 Å². The Morgan fingerprint density at radius 1 is 1.33 bits per heavy atom. The van der Waals surface area contributed by atoms with Gasteiger partial charge >= 0.3 is 0 Å². The van der Waals surface area contributed by atoms with Gasteiger partial charge in [0.15, 0.2) is 3.83 Å². The molecular weight excluding hydrogens is 265 g/mol. The minimum absolute atomic E-state index is 0.769. The van der Waals surface area contributed by atoms with Crippen LogP contribution in [-0.4, -0.2) is 15.0 Å². The average Bonchev–Trinajstić information content (AvgIpc) is 2.04. The molecule has 0 radical (unpaired) electrons. The van der Waals surface area contributed by atoms with Crippen LogP contribution in [0.4, 0.5) is 0 Å².